The summed E-state index contributed by atoms with van der Waals surface area (Å²) in [6, 6.07) is -0.0107. The van der Waals surface area contributed by atoms with Crippen molar-refractivity contribution in [1.29, 1.82) is 0 Å². The Morgan fingerprint density at radius 2 is 1.50 bits per heavy atom. The van der Waals surface area contributed by atoms with E-state index >= 15 is 0 Å². The van der Waals surface area contributed by atoms with Crippen LogP contribution in [0.5, 0.6) is 5.75 Å². The summed E-state index contributed by atoms with van der Waals surface area (Å²) in [4.78, 5) is 48.3. The van der Waals surface area contributed by atoms with Crippen molar-refractivity contribution in [2.45, 2.75) is 51.7 Å². The Hall–Kier alpha value is -3.28. The lowest BCUT2D eigenvalue weighted by atomic mass is 10.0. The Morgan fingerprint density at radius 1 is 0.971 bits per heavy atom. The van der Waals surface area contributed by atoms with Crippen molar-refractivity contribution >= 4 is 23.7 Å². The Morgan fingerprint density at radius 3 is 2.03 bits per heavy atom. The Kier molecular flexibility index (Phi) is 8.19. The lowest BCUT2D eigenvalue weighted by Crippen LogP contribution is -2.49. The van der Waals surface area contributed by atoms with Gasteiger partial charge >= 0.3 is 5.97 Å². The molecule has 12 heteroatoms. The van der Waals surface area contributed by atoms with Gasteiger partial charge in [0.15, 0.2) is 11.6 Å². The molecule has 0 atom stereocenters. The second-order valence-corrected chi connectivity index (χ2v) is 8.84. The number of hydrogen-bond donors (Lipinski definition) is 1. The fourth-order valence-electron chi connectivity index (χ4n) is 2.91. The van der Waals surface area contributed by atoms with E-state index in [2.05, 4.69) is 10.1 Å². The number of benzene rings is 1. The van der Waals surface area contributed by atoms with E-state index in [-0.39, 0.29) is 25.6 Å². The summed E-state index contributed by atoms with van der Waals surface area (Å²) < 4.78 is 64.1. The van der Waals surface area contributed by atoms with E-state index < -0.39 is 70.3 Å². The van der Waals surface area contributed by atoms with Gasteiger partial charge in [-0.2, -0.15) is 8.78 Å². The van der Waals surface area contributed by atoms with Crippen molar-refractivity contribution in [2.75, 3.05) is 13.2 Å². The van der Waals surface area contributed by atoms with Crippen LogP contribution in [-0.4, -0.2) is 52.9 Å². The third-order valence-electron chi connectivity index (χ3n) is 4.62. The lowest BCUT2D eigenvalue weighted by molar-refractivity contribution is -0.144. The van der Waals surface area contributed by atoms with Crippen LogP contribution in [0.3, 0.4) is 0 Å². The van der Waals surface area contributed by atoms with Gasteiger partial charge in [0.25, 0.3) is 11.8 Å². The molecule has 3 amide bonds. The number of imide groups is 1. The lowest BCUT2D eigenvalue weighted by Gasteiger charge is -2.32. The molecule has 1 heterocycles. The van der Waals surface area contributed by atoms with Crippen LogP contribution in [0.1, 0.15) is 40.5 Å². The number of amides is 3. The fourth-order valence-corrected chi connectivity index (χ4v) is 2.91. The molecule has 1 aromatic rings. The van der Waals surface area contributed by atoms with E-state index in [1.54, 1.807) is 13.8 Å². The minimum Gasteiger partial charge on any atom is -0.420 e. The van der Waals surface area contributed by atoms with Crippen LogP contribution in [0.15, 0.2) is 18.2 Å². The molecular formula is C22H24F4N2O6. The SMILES string of the molecule is CC(C)(COC(C)(C)CC(=O)Oc1c(F)c(F)cc(F)c1F)NC(=O)CCN1C(=O)C=CC1=O. The fraction of sp³-hybridized carbons (Fsp3) is 0.455. The molecule has 1 aliphatic rings. The van der Waals surface area contributed by atoms with Crippen molar-refractivity contribution in [3.63, 3.8) is 0 Å². The highest BCUT2D eigenvalue weighted by Gasteiger charge is 2.31. The molecule has 0 radical (unpaired) electrons. The number of halogens is 4. The zero-order chi connectivity index (χ0) is 25.8. The van der Waals surface area contributed by atoms with Crippen LogP contribution in [0.2, 0.25) is 0 Å². The zero-order valence-electron chi connectivity index (χ0n) is 19.0. The summed E-state index contributed by atoms with van der Waals surface area (Å²) in [5, 5.41) is 2.67. The van der Waals surface area contributed by atoms with Gasteiger partial charge in [0.1, 0.15) is 0 Å². The summed E-state index contributed by atoms with van der Waals surface area (Å²) in [5.41, 5.74) is -2.20. The highest BCUT2D eigenvalue weighted by Crippen LogP contribution is 2.28. The molecule has 2 rings (SSSR count). The van der Waals surface area contributed by atoms with Crippen LogP contribution in [0.25, 0.3) is 0 Å². The molecule has 0 aromatic heterocycles. The maximum Gasteiger partial charge on any atom is 0.314 e. The molecule has 0 fully saturated rings. The van der Waals surface area contributed by atoms with Crippen molar-refractivity contribution in [2.24, 2.45) is 0 Å². The number of ether oxygens (including phenoxy) is 2. The van der Waals surface area contributed by atoms with Gasteiger partial charge in [-0.1, -0.05) is 0 Å². The van der Waals surface area contributed by atoms with Gasteiger partial charge in [0, 0.05) is 31.2 Å². The standard InChI is InChI=1S/C22H24F4N2O6/c1-21(2,27-14(29)7-8-28-15(30)5-6-16(28)31)11-33-22(3,4)10-17(32)34-20-18(25)12(23)9-13(24)19(20)26/h5-6,9H,7-8,10-11H2,1-4H3,(H,27,29). The second-order valence-electron chi connectivity index (χ2n) is 8.84. The van der Waals surface area contributed by atoms with Gasteiger partial charge in [-0.05, 0) is 27.7 Å². The number of carbonyl (C=O) groups excluding carboxylic acids is 4. The van der Waals surface area contributed by atoms with Gasteiger partial charge in [-0.25, -0.2) is 8.78 Å². The first-order chi connectivity index (χ1) is 15.6. The third-order valence-corrected chi connectivity index (χ3v) is 4.62. The Labute approximate surface area is 192 Å². The highest BCUT2D eigenvalue weighted by atomic mass is 19.2. The third kappa shape index (κ3) is 7.11. The maximum absolute atomic E-state index is 13.7. The predicted molar refractivity (Wildman–Crippen MR) is 109 cm³/mol. The number of nitrogens with one attached hydrogen (secondary N) is 1. The molecule has 1 N–H and O–H groups in total. The molecule has 8 nitrogen and oxygen atoms in total. The van der Waals surface area contributed by atoms with E-state index in [1.807, 2.05) is 0 Å². The normalized spacial score (nSPS) is 14.1. The van der Waals surface area contributed by atoms with Crippen LogP contribution in [0, 0.1) is 23.3 Å². The molecule has 0 bridgehead atoms. The van der Waals surface area contributed by atoms with Gasteiger partial charge in [-0.15, -0.1) is 0 Å². The largest absolute Gasteiger partial charge is 0.420 e. The molecular weight excluding hydrogens is 464 g/mol. The number of esters is 1. The monoisotopic (exact) mass is 488 g/mol. The smallest absolute Gasteiger partial charge is 0.314 e. The minimum atomic E-state index is -1.84. The topological polar surface area (TPSA) is 102 Å². The van der Waals surface area contributed by atoms with E-state index in [0.717, 1.165) is 17.1 Å². The van der Waals surface area contributed by atoms with Crippen molar-refractivity contribution < 1.29 is 46.2 Å². The molecule has 0 saturated carbocycles. The molecule has 0 aliphatic carbocycles. The first-order valence-electron chi connectivity index (χ1n) is 10.1. The average molecular weight is 488 g/mol. The number of rotatable bonds is 10. The molecule has 1 aliphatic heterocycles. The van der Waals surface area contributed by atoms with Crippen molar-refractivity contribution in [3.05, 3.63) is 41.5 Å². The Balaban J connectivity index is 1.87. The average Bonchev–Trinajstić information content (AvgIpc) is 3.03. The number of carbonyl (C=O) groups is 4. The predicted octanol–water partition coefficient (Wildman–Crippen LogP) is 2.54. The minimum absolute atomic E-state index is 0.0107. The summed E-state index contributed by atoms with van der Waals surface area (Å²) in [6.07, 6.45) is 1.54. The molecule has 0 unspecified atom stereocenters. The second kappa shape index (κ2) is 10.3. The summed E-state index contributed by atoms with van der Waals surface area (Å²) in [5.74, 6) is -11.3. The van der Waals surface area contributed by atoms with Crippen molar-refractivity contribution in [1.82, 2.24) is 10.2 Å². The molecule has 1 aromatic carbocycles. The summed E-state index contributed by atoms with van der Waals surface area (Å²) in [7, 11) is 0. The number of nitrogens with zero attached hydrogens (tertiary/aromatic N) is 1. The first kappa shape index (κ1) is 27.0. The summed E-state index contributed by atoms with van der Waals surface area (Å²) >= 11 is 0. The molecule has 0 spiro atoms. The van der Waals surface area contributed by atoms with Gasteiger partial charge in [0.2, 0.25) is 23.3 Å². The van der Waals surface area contributed by atoms with Crippen LogP contribution < -0.4 is 10.1 Å². The summed E-state index contributed by atoms with van der Waals surface area (Å²) in [6.45, 7) is 5.95. The van der Waals surface area contributed by atoms with Crippen LogP contribution >= 0.6 is 0 Å². The molecule has 186 valence electrons. The number of hydrogen-bond acceptors (Lipinski definition) is 6. The van der Waals surface area contributed by atoms with E-state index in [0.29, 0.717) is 0 Å². The Bertz CT molecular complexity index is 994. The van der Waals surface area contributed by atoms with Gasteiger partial charge in [-0.3, -0.25) is 24.1 Å². The van der Waals surface area contributed by atoms with Gasteiger partial charge in [0.05, 0.1) is 24.2 Å². The maximum atomic E-state index is 13.7. The van der Waals surface area contributed by atoms with Crippen LogP contribution in [-0.2, 0) is 23.9 Å². The van der Waals surface area contributed by atoms with Gasteiger partial charge < -0.3 is 14.8 Å². The highest BCUT2D eigenvalue weighted by molar-refractivity contribution is 6.13. The van der Waals surface area contributed by atoms with Crippen LogP contribution in [0.4, 0.5) is 17.6 Å². The zero-order valence-corrected chi connectivity index (χ0v) is 19.0. The van der Waals surface area contributed by atoms with E-state index in [9.17, 15) is 36.7 Å². The van der Waals surface area contributed by atoms with Crippen molar-refractivity contribution in [3.8, 4) is 5.75 Å². The first-order valence-corrected chi connectivity index (χ1v) is 10.1. The van der Waals surface area contributed by atoms with E-state index in [4.69, 9.17) is 4.74 Å². The quantitative estimate of drug-likeness (QED) is 0.179. The van der Waals surface area contributed by atoms with E-state index in [1.165, 1.54) is 13.8 Å². The molecule has 0 saturated heterocycles. The molecule has 34 heavy (non-hydrogen) atoms.